The van der Waals surface area contributed by atoms with Crippen molar-refractivity contribution in [3.05, 3.63) is 34.3 Å². The minimum atomic E-state index is -0.000465. The Morgan fingerprint density at radius 1 is 1.45 bits per heavy atom. The summed E-state index contributed by atoms with van der Waals surface area (Å²) in [5.74, 6) is 0.321. The second kappa shape index (κ2) is 7.14. The number of carbonyl (C=O) groups excluding carboxylic acids is 1. The summed E-state index contributed by atoms with van der Waals surface area (Å²) in [6.07, 6.45) is 2.55. The SMILES string of the molecule is CCC(Cc1ccccc1Br)C(=O)N1CCC(N)C(C)(C)C1. The molecule has 1 aromatic rings. The molecule has 22 heavy (non-hydrogen) atoms. The lowest BCUT2D eigenvalue weighted by atomic mass is 9.79. The molecular weight excluding hydrogens is 340 g/mol. The third kappa shape index (κ3) is 3.90. The molecule has 1 fully saturated rings. The van der Waals surface area contributed by atoms with Crippen LogP contribution in [0.15, 0.2) is 28.7 Å². The van der Waals surface area contributed by atoms with E-state index < -0.39 is 0 Å². The van der Waals surface area contributed by atoms with Gasteiger partial charge in [-0.05, 0) is 36.3 Å². The molecule has 0 radical (unpaired) electrons. The Hall–Kier alpha value is -0.870. The van der Waals surface area contributed by atoms with Gasteiger partial charge in [-0.1, -0.05) is 54.9 Å². The third-order valence-electron chi connectivity index (χ3n) is 4.89. The molecule has 0 aliphatic carbocycles. The highest BCUT2D eigenvalue weighted by molar-refractivity contribution is 9.10. The van der Waals surface area contributed by atoms with Crippen molar-refractivity contribution >= 4 is 21.8 Å². The first-order valence-corrected chi connectivity index (χ1v) is 8.92. The Bertz CT molecular complexity index is 530. The predicted molar refractivity (Wildman–Crippen MR) is 94.6 cm³/mol. The van der Waals surface area contributed by atoms with Crippen LogP contribution in [0.5, 0.6) is 0 Å². The number of amides is 1. The smallest absolute Gasteiger partial charge is 0.226 e. The molecule has 1 aromatic carbocycles. The Morgan fingerprint density at radius 3 is 2.73 bits per heavy atom. The van der Waals surface area contributed by atoms with Gasteiger partial charge in [0.05, 0.1) is 0 Å². The molecule has 1 heterocycles. The van der Waals surface area contributed by atoms with Gasteiger partial charge in [0.25, 0.3) is 0 Å². The number of rotatable bonds is 4. The summed E-state index contributed by atoms with van der Waals surface area (Å²) in [4.78, 5) is 14.9. The summed E-state index contributed by atoms with van der Waals surface area (Å²) in [5.41, 5.74) is 7.39. The molecule has 2 N–H and O–H groups in total. The molecule has 1 saturated heterocycles. The molecule has 2 atom stereocenters. The Labute approximate surface area is 142 Å². The molecule has 3 nitrogen and oxygen atoms in total. The van der Waals surface area contributed by atoms with Gasteiger partial charge in [-0.3, -0.25) is 4.79 Å². The fourth-order valence-electron chi connectivity index (χ4n) is 3.16. The van der Waals surface area contributed by atoms with E-state index in [1.165, 1.54) is 5.56 Å². The molecule has 2 unspecified atom stereocenters. The van der Waals surface area contributed by atoms with Crippen LogP contribution in [0.3, 0.4) is 0 Å². The van der Waals surface area contributed by atoms with Gasteiger partial charge in [-0.15, -0.1) is 0 Å². The minimum Gasteiger partial charge on any atom is -0.342 e. The van der Waals surface area contributed by atoms with Crippen LogP contribution in [0.2, 0.25) is 0 Å². The fourth-order valence-corrected chi connectivity index (χ4v) is 3.60. The van der Waals surface area contributed by atoms with Crippen LogP contribution in [-0.4, -0.2) is 29.9 Å². The van der Waals surface area contributed by atoms with Gasteiger partial charge in [0.15, 0.2) is 0 Å². The number of hydrogen-bond donors (Lipinski definition) is 1. The van der Waals surface area contributed by atoms with E-state index in [1.807, 2.05) is 23.1 Å². The van der Waals surface area contributed by atoms with Crippen LogP contribution in [0, 0.1) is 11.3 Å². The van der Waals surface area contributed by atoms with E-state index in [1.54, 1.807) is 0 Å². The van der Waals surface area contributed by atoms with E-state index in [0.717, 1.165) is 36.8 Å². The van der Waals surface area contributed by atoms with Crippen LogP contribution in [0.25, 0.3) is 0 Å². The van der Waals surface area contributed by atoms with Crippen LogP contribution in [0.1, 0.15) is 39.2 Å². The summed E-state index contributed by atoms with van der Waals surface area (Å²) in [7, 11) is 0. The maximum atomic E-state index is 12.9. The largest absolute Gasteiger partial charge is 0.342 e. The van der Waals surface area contributed by atoms with Gasteiger partial charge in [0, 0.05) is 29.5 Å². The van der Waals surface area contributed by atoms with E-state index in [2.05, 4.69) is 42.8 Å². The lowest BCUT2D eigenvalue weighted by molar-refractivity contribution is -0.139. The molecule has 122 valence electrons. The summed E-state index contributed by atoms with van der Waals surface area (Å²) in [6.45, 7) is 7.97. The highest BCUT2D eigenvalue weighted by Gasteiger charge is 2.36. The van der Waals surface area contributed by atoms with Crippen LogP contribution >= 0.6 is 15.9 Å². The first-order valence-electron chi connectivity index (χ1n) is 8.13. The summed E-state index contributed by atoms with van der Waals surface area (Å²) < 4.78 is 1.09. The number of carbonyl (C=O) groups is 1. The second-order valence-corrected chi connectivity index (χ2v) is 7.90. The standard InChI is InChI=1S/C18H27BrN2O/c1-4-13(11-14-7-5-6-8-15(14)19)17(22)21-10-9-16(20)18(2,3)12-21/h5-8,13,16H,4,9-12,20H2,1-3H3. The van der Waals surface area contributed by atoms with Gasteiger partial charge in [0.2, 0.25) is 5.91 Å². The van der Waals surface area contributed by atoms with Crippen molar-refractivity contribution in [1.82, 2.24) is 4.90 Å². The Kier molecular flexibility index (Phi) is 5.67. The predicted octanol–water partition coefficient (Wildman–Crippen LogP) is 3.60. The lowest BCUT2D eigenvalue weighted by Gasteiger charge is -2.43. The molecule has 4 heteroatoms. The average molecular weight is 367 g/mol. The molecule has 0 spiro atoms. The van der Waals surface area contributed by atoms with Gasteiger partial charge < -0.3 is 10.6 Å². The van der Waals surface area contributed by atoms with E-state index in [4.69, 9.17) is 5.73 Å². The van der Waals surface area contributed by atoms with Crippen LogP contribution < -0.4 is 5.73 Å². The monoisotopic (exact) mass is 366 g/mol. The summed E-state index contributed by atoms with van der Waals surface area (Å²) >= 11 is 3.58. The van der Waals surface area contributed by atoms with E-state index in [9.17, 15) is 4.79 Å². The van der Waals surface area contributed by atoms with Crippen LogP contribution in [0.4, 0.5) is 0 Å². The zero-order valence-electron chi connectivity index (χ0n) is 13.8. The fraction of sp³-hybridized carbons (Fsp3) is 0.611. The van der Waals surface area contributed by atoms with Crippen molar-refractivity contribution in [2.75, 3.05) is 13.1 Å². The van der Waals surface area contributed by atoms with Gasteiger partial charge >= 0.3 is 0 Å². The number of hydrogen-bond acceptors (Lipinski definition) is 2. The first-order chi connectivity index (χ1) is 10.3. The molecule has 1 aliphatic heterocycles. The number of nitrogens with zero attached hydrogens (tertiary/aromatic N) is 1. The first kappa shape index (κ1) is 17.5. The molecular formula is C18H27BrN2O. The quantitative estimate of drug-likeness (QED) is 0.884. The Balaban J connectivity index is 2.08. The van der Waals surface area contributed by atoms with Crippen molar-refractivity contribution in [2.24, 2.45) is 17.1 Å². The average Bonchev–Trinajstić information content (AvgIpc) is 2.48. The third-order valence-corrected chi connectivity index (χ3v) is 5.66. The highest BCUT2D eigenvalue weighted by Crippen LogP contribution is 2.30. The summed E-state index contributed by atoms with van der Waals surface area (Å²) in [5, 5.41) is 0. The number of nitrogens with two attached hydrogens (primary N) is 1. The topological polar surface area (TPSA) is 46.3 Å². The van der Waals surface area contributed by atoms with Crippen molar-refractivity contribution in [1.29, 1.82) is 0 Å². The van der Waals surface area contributed by atoms with E-state index in [0.29, 0.717) is 0 Å². The van der Waals surface area contributed by atoms with Gasteiger partial charge in [0.1, 0.15) is 0 Å². The normalized spacial score (nSPS) is 22.4. The molecule has 0 aromatic heterocycles. The van der Waals surface area contributed by atoms with Crippen LogP contribution in [-0.2, 0) is 11.2 Å². The molecule has 1 amide bonds. The van der Waals surface area contributed by atoms with E-state index in [-0.39, 0.29) is 23.3 Å². The maximum Gasteiger partial charge on any atom is 0.226 e. The number of likely N-dealkylation sites (tertiary alicyclic amines) is 1. The zero-order chi connectivity index (χ0) is 16.3. The van der Waals surface area contributed by atoms with Crippen molar-refractivity contribution in [3.8, 4) is 0 Å². The molecule has 2 rings (SSSR count). The lowest BCUT2D eigenvalue weighted by Crippen LogP contribution is -2.55. The Morgan fingerprint density at radius 2 is 2.14 bits per heavy atom. The number of halogens is 1. The maximum absolute atomic E-state index is 12.9. The summed E-state index contributed by atoms with van der Waals surface area (Å²) in [6, 6.07) is 8.34. The molecule has 1 aliphatic rings. The molecule has 0 bridgehead atoms. The van der Waals surface area contributed by atoms with Gasteiger partial charge in [-0.2, -0.15) is 0 Å². The van der Waals surface area contributed by atoms with Crippen molar-refractivity contribution in [3.63, 3.8) is 0 Å². The highest BCUT2D eigenvalue weighted by atomic mass is 79.9. The zero-order valence-corrected chi connectivity index (χ0v) is 15.4. The second-order valence-electron chi connectivity index (χ2n) is 7.04. The molecule has 0 saturated carbocycles. The minimum absolute atomic E-state index is 0.000465. The van der Waals surface area contributed by atoms with Crippen molar-refractivity contribution < 1.29 is 4.79 Å². The number of piperidine rings is 1. The van der Waals surface area contributed by atoms with Gasteiger partial charge in [-0.25, -0.2) is 0 Å². The van der Waals surface area contributed by atoms with Crippen molar-refractivity contribution in [2.45, 2.75) is 46.1 Å². The number of benzene rings is 1. The van der Waals surface area contributed by atoms with E-state index >= 15 is 0 Å².